The molecule has 44 heavy (non-hydrogen) atoms. The smallest absolute Gasteiger partial charge is 0.409 e. The van der Waals surface area contributed by atoms with Crippen LogP contribution in [-0.2, 0) is 4.79 Å². The van der Waals surface area contributed by atoms with Crippen molar-refractivity contribution in [1.29, 1.82) is 0 Å². The lowest BCUT2D eigenvalue weighted by atomic mass is 9.83. The summed E-state index contributed by atoms with van der Waals surface area (Å²) >= 11 is 9.84. The third-order valence-corrected chi connectivity index (χ3v) is 8.41. The number of hydrogen-bond donors (Lipinski definition) is 3. The van der Waals surface area contributed by atoms with Gasteiger partial charge in [-0.1, -0.05) is 57.9 Å². The molecule has 6 rings (SSSR count). The quantitative estimate of drug-likeness (QED) is 0.163. The van der Waals surface area contributed by atoms with Crippen molar-refractivity contribution >= 4 is 51.3 Å². The van der Waals surface area contributed by atoms with E-state index in [4.69, 9.17) is 21.7 Å². The number of likely N-dealkylation sites (tertiary alicyclic amines) is 1. The summed E-state index contributed by atoms with van der Waals surface area (Å²) in [6.07, 6.45) is 7.07. The Hall–Kier alpha value is -4.81. The Morgan fingerprint density at radius 3 is 2.70 bits per heavy atom. The summed E-state index contributed by atoms with van der Waals surface area (Å²) in [6.45, 7) is 0.557. The second kappa shape index (κ2) is 12.8. The summed E-state index contributed by atoms with van der Waals surface area (Å²) in [5.41, 5.74) is 4.48. The van der Waals surface area contributed by atoms with Gasteiger partial charge in [0.1, 0.15) is 12.2 Å². The van der Waals surface area contributed by atoms with E-state index in [0.717, 1.165) is 29.7 Å². The molecular weight excluding hydrogens is 648 g/mol. The number of halogens is 2. The molecule has 3 aromatic carbocycles. The summed E-state index contributed by atoms with van der Waals surface area (Å²) in [4.78, 5) is 35.1. The van der Waals surface area contributed by atoms with Gasteiger partial charge in [-0.15, -0.1) is 5.10 Å². The number of aromatic amines is 1. The molecule has 0 aliphatic carbocycles. The summed E-state index contributed by atoms with van der Waals surface area (Å²) in [5, 5.41) is 23.3. The largest absolute Gasteiger partial charge is 0.465 e. The normalized spacial score (nSPS) is 16.7. The van der Waals surface area contributed by atoms with Crippen LogP contribution in [0.1, 0.15) is 41.8 Å². The van der Waals surface area contributed by atoms with Crippen molar-refractivity contribution < 1.29 is 14.7 Å². The van der Waals surface area contributed by atoms with E-state index in [-0.39, 0.29) is 17.9 Å². The predicted molar refractivity (Wildman–Crippen MR) is 169 cm³/mol. The van der Waals surface area contributed by atoms with Crippen molar-refractivity contribution in [2.24, 2.45) is 0 Å². The molecule has 2 amide bonds. The molecule has 0 bridgehead atoms. The molecule has 1 saturated heterocycles. The topological polar surface area (TPSA) is 142 Å². The third kappa shape index (κ3) is 6.26. The summed E-state index contributed by atoms with van der Waals surface area (Å²) in [6, 6.07) is 20.3. The van der Waals surface area contributed by atoms with Crippen LogP contribution in [-0.4, -0.2) is 58.7 Å². The number of H-pyrrole nitrogens is 1. The molecule has 1 aliphatic heterocycles. The maximum absolute atomic E-state index is 13.9. The fourth-order valence-corrected chi connectivity index (χ4v) is 6.36. The average Bonchev–Trinajstić information content (AvgIpc) is 3.73. The Bertz CT molecular complexity index is 1830. The Morgan fingerprint density at radius 2 is 1.95 bits per heavy atom. The van der Waals surface area contributed by atoms with Crippen LogP contribution >= 0.6 is 27.5 Å². The second-order valence-corrected chi connectivity index (χ2v) is 11.5. The van der Waals surface area contributed by atoms with Crippen LogP contribution < -0.4 is 5.32 Å². The van der Waals surface area contributed by atoms with Gasteiger partial charge in [0, 0.05) is 44.8 Å². The fourth-order valence-electron chi connectivity index (χ4n) is 5.58. The summed E-state index contributed by atoms with van der Waals surface area (Å²) in [7, 11) is 0. The first kappa shape index (κ1) is 29.3. The van der Waals surface area contributed by atoms with Gasteiger partial charge in [-0.2, -0.15) is 4.68 Å². The number of nitrogens with one attached hydrogen (secondary N) is 2. The van der Waals surface area contributed by atoms with Crippen molar-refractivity contribution in [2.75, 3.05) is 11.9 Å². The number of tetrazole rings is 1. The van der Waals surface area contributed by atoms with Crippen molar-refractivity contribution in [1.82, 2.24) is 35.1 Å². The van der Waals surface area contributed by atoms with Gasteiger partial charge in [-0.05, 0) is 71.3 Å². The maximum Gasteiger partial charge on any atom is 0.409 e. The highest BCUT2D eigenvalue weighted by molar-refractivity contribution is 9.10. The van der Waals surface area contributed by atoms with Crippen LogP contribution in [0.4, 0.5) is 10.5 Å². The number of piperidine rings is 1. The molecule has 3 heterocycles. The monoisotopic (exact) mass is 672 g/mol. The van der Waals surface area contributed by atoms with Crippen molar-refractivity contribution in [3.63, 3.8) is 0 Å². The molecule has 0 radical (unpaired) electrons. The zero-order valence-electron chi connectivity index (χ0n) is 23.1. The molecule has 0 spiro atoms. The lowest BCUT2D eigenvalue weighted by Gasteiger charge is -2.40. The number of nitrogens with zero attached hydrogens (tertiary/aromatic N) is 6. The van der Waals surface area contributed by atoms with Gasteiger partial charge in [0.05, 0.1) is 23.6 Å². The van der Waals surface area contributed by atoms with E-state index in [1.807, 2.05) is 23.1 Å². The molecule has 13 heteroatoms. The van der Waals surface area contributed by atoms with Crippen LogP contribution in [0.2, 0.25) is 5.02 Å². The highest BCUT2D eigenvalue weighted by Crippen LogP contribution is 2.42. The zero-order valence-corrected chi connectivity index (χ0v) is 25.5. The molecule has 5 aromatic rings. The molecule has 2 aromatic heterocycles. The molecule has 1 fully saturated rings. The lowest BCUT2D eigenvalue weighted by Crippen LogP contribution is -2.41. The standard InChI is InChI=1S/C31H26BrClN8O3/c32-25-16-22(36-31(43)44)10-11-24(25)26-17-34-30(37-26)29-23(19-5-2-1-3-6-19)7-4-14-40(29)28(42)13-8-20-15-21(33)9-12-27(20)41-18-35-38-39-41/h1-3,5-6,8-13,15-18,23,29,36H,4,7,14H2,(H,34,37)(H,43,44)/b13-8+. The van der Waals surface area contributed by atoms with E-state index in [1.54, 1.807) is 54.7 Å². The second-order valence-electron chi connectivity index (χ2n) is 10.2. The number of carbonyl (C=O) groups excluding carboxylic acids is 1. The highest BCUT2D eigenvalue weighted by atomic mass is 79.9. The van der Waals surface area contributed by atoms with Crippen molar-refractivity contribution in [2.45, 2.75) is 24.8 Å². The Morgan fingerprint density at radius 1 is 1.11 bits per heavy atom. The fraction of sp³-hybridized carbons (Fsp3) is 0.161. The molecule has 1 aliphatic rings. The first-order valence-corrected chi connectivity index (χ1v) is 15.0. The van der Waals surface area contributed by atoms with Gasteiger partial charge < -0.3 is 15.0 Å². The van der Waals surface area contributed by atoms with Crippen molar-refractivity contribution in [3.05, 3.63) is 112 Å². The maximum atomic E-state index is 13.9. The minimum absolute atomic E-state index is 0.00911. The third-order valence-electron chi connectivity index (χ3n) is 7.52. The van der Waals surface area contributed by atoms with E-state index in [0.29, 0.717) is 38.8 Å². The van der Waals surface area contributed by atoms with Crippen molar-refractivity contribution in [3.8, 4) is 16.9 Å². The highest BCUT2D eigenvalue weighted by Gasteiger charge is 2.37. The van der Waals surface area contributed by atoms with Gasteiger partial charge in [-0.3, -0.25) is 10.1 Å². The number of carbonyl (C=O) groups is 2. The van der Waals surface area contributed by atoms with Crippen LogP contribution in [0.5, 0.6) is 0 Å². The number of carboxylic acid groups (broad SMARTS) is 1. The molecular formula is C31H26BrClN8O3. The number of amides is 2. The summed E-state index contributed by atoms with van der Waals surface area (Å²) in [5.74, 6) is 0.503. The first-order chi connectivity index (χ1) is 21.4. The number of benzene rings is 3. The van der Waals surface area contributed by atoms with E-state index >= 15 is 0 Å². The minimum Gasteiger partial charge on any atom is -0.465 e. The SMILES string of the molecule is O=C(O)Nc1ccc(-c2cnc(C3C(c4ccccc4)CCCN3C(=O)/C=C/c3cc(Cl)ccc3-n3cnnn3)[nH]2)c(Br)c1. The minimum atomic E-state index is -1.14. The number of aromatic nitrogens is 6. The molecule has 2 atom stereocenters. The van der Waals surface area contributed by atoms with E-state index < -0.39 is 6.09 Å². The molecule has 222 valence electrons. The van der Waals surface area contributed by atoms with Crippen LogP contribution in [0.15, 0.2) is 89.8 Å². The Labute approximate surface area is 265 Å². The number of imidazole rings is 1. The number of hydrogen-bond acceptors (Lipinski definition) is 6. The number of anilines is 1. The van der Waals surface area contributed by atoms with Gasteiger partial charge in [0.15, 0.2) is 0 Å². The molecule has 11 nitrogen and oxygen atoms in total. The predicted octanol–water partition coefficient (Wildman–Crippen LogP) is 6.72. The van der Waals surface area contributed by atoms with Gasteiger partial charge in [0.25, 0.3) is 0 Å². The van der Waals surface area contributed by atoms with E-state index in [2.05, 4.69) is 53.9 Å². The molecule has 0 saturated carbocycles. The molecule has 3 N–H and O–H groups in total. The molecule has 2 unspecified atom stereocenters. The van der Waals surface area contributed by atoms with E-state index in [9.17, 15) is 9.59 Å². The van der Waals surface area contributed by atoms with Gasteiger partial charge in [0.2, 0.25) is 5.91 Å². The van der Waals surface area contributed by atoms with Crippen LogP contribution in [0.25, 0.3) is 23.0 Å². The number of rotatable bonds is 7. The Balaban J connectivity index is 1.34. The van der Waals surface area contributed by atoms with Gasteiger partial charge >= 0.3 is 6.09 Å². The van der Waals surface area contributed by atoms with Crippen LogP contribution in [0.3, 0.4) is 0 Å². The Kier molecular flexibility index (Phi) is 8.53. The first-order valence-electron chi connectivity index (χ1n) is 13.8. The summed E-state index contributed by atoms with van der Waals surface area (Å²) < 4.78 is 2.21. The average molecular weight is 674 g/mol. The van der Waals surface area contributed by atoms with E-state index in [1.165, 1.54) is 11.0 Å². The lowest BCUT2D eigenvalue weighted by molar-refractivity contribution is -0.130. The van der Waals surface area contributed by atoms with Gasteiger partial charge in [-0.25, -0.2) is 9.78 Å². The van der Waals surface area contributed by atoms with Crippen LogP contribution in [0, 0.1) is 0 Å². The zero-order chi connectivity index (χ0) is 30.6.